The van der Waals surface area contributed by atoms with Gasteiger partial charge in [0.1, 0.15) is 5.78 Å². The number of hydrogen-bond donors (Lipinski definition) is 0. The average Bonchev–Trinajstić information content (AvgIpc) is 2.82. The van der Waals surface area contributed by atoms with Crippen molar-refractivity contribution in [3.05, 3.63) is 22.9 Å². The zero-order valence-corrected chi connectivity index (χ0v) is 10.6. The first kappa shape index (κ1) is 12.1. The number of ketones is 1. The van der Waals surface area contributed by atoms with Gasteiger partial charge < -0.3 is 0 Å². The van der Waals surface area contributed by atoms with Crippen LogP contribution >= 0.6 is 0 Å². The van der Waals surface area contributed by atoms with Crippen LogP contribution in [0.2, 0.25) is 0 Å². The molecule has 1 aliphatic carbocycles. The SMILES string of the molecule is CC(C)n1ccn(CCC2CCCC2=O)c1=O. The summed E-state index contributed by atoms with van der Waals surface area (Å²) in [6, 6.07) is 0.192. The van der Waals surface area contributed by atoms with Crippen LogP contribution in [0.15, 0.2) is 17.2 Å². The smallest absolute Gasteiger partial charge is 0.299 e. The van der Waals surface area contributed by atoms with E-state index in [9.17, 15) is 9.59 Å². The predicted molar refractivity (Wildman–Crippen MR) is 66.0 cm³/mol. The number of imidazole rings is 1. The van der Waals surface area contributed by atoms with E-state index in [-0.39, 0.29) is 17.6 Å². The van der Waals surface area contributed by atoms with Gasteiger partial charge in [-0.1, -0.05) is 0 Å². The van der Waals surface area contributed by atoms with Crippen molar-refractivity contribution in [2.45, 2.75) is 52.1 Å². The Balaban J connectivity index is 2.00. The number of carbonyl (C=O) groups is 1. The monoisotopic (exact) mass is 236 g/mol. The number of carbonyl (C=O) groups excluding carboxylic acids is 1. The lowest BCUT2D eigenvalue weighted by atomic mass is 10.0. The summed E-state index contributed by atoms with van der Waals surface area (Å²) in [5.74, 6) is 0.561. The van der Waals surface area contributed by atoms with Crippen LogP contribution in [0.1, 0.15) is 45.6 Å². The van der Waals surface area contributed by atoms with Gasteiger partial charge in [0.2, 0.25) is 0 Å². The molecule has 1 atom stereocenters. The van der Waals surface area contributed by atoms with Gasteiger partial charge in [0.25, 0.3) is 0 Å². The number of hydrogen-bond acceptors (Lipinski definition) is 2. The predicted octanol–water partition coefficient (Wildman–Crippen LogP) is 1.99. The summed E-state index contributed by atoms with van der Waals surface area (Å²) in [5.41, 5.74) is 0.0328. The Labute approximate surface area is 101 Å². The highest BCUT2D eigenvalue weighted by Crippen LogP contribution is 2.24. The maximum absolute atomic E-state index is 11.9. The summed E-state index contributed by atoms with van der Waals surface area (Å²) in [7, 11) is 0. The van der Waals surface area contributed by atoms with Crippen molar-refractivity contribution in [1.29, 1.82) is 0 Å². The van der Waals surface area contributed by atoms with Crippen LogP contribution < -0.4 is 5.69 Å². The minimum absolute atomic E-state index is 0.0328. The lowest BCUT2D eigenvalue weighted by Crippen LogP contribution is -2.26. The Hall–Kier alpha value is -1.32. The highest BCUT2D eigenvalue weighted by atomic mass is 16.1. The maximum Gasteiger partial charge on any atom is 0.328 e. The van der Waals surface area contributed by atoms with Gasteiger partial charge in [-0.3, -0.25) is 13.9 Å². The molecule has 1 aromatic heterocycles. The number of aryl methyl sites for hydroxylation is 1. The second-order valence-corrected chi connectivity index (χ2v) is 5.12. The first-order valence-electron chi connectivity index (χ1n) is 6.39. The van der Waals surface area contributed by atoms with E-state index in [1.165, 1.54) is 0 Å². The van der Waals surface area contributed by atoms with Crippen LogP contribution in [0, 0.1) is 5.92 Å². The van der Waals surface area contributed by atoms with Gasteiger partial charge in [-0.25, -0.2) is 4.79 Å². The number of Topliss-reactive ketones (excluding diaryl/α,β-unsaturated/α-hetero) is 1. The molecule has 1 aromatic rings. The molecule has 94 valence electrons. The minimum atomic E-state index is 0.0328. The Morgan fingerprint density at radius 3 is 2.65 bits per heavy atom. The van der Waals surface area contributed by atoms with Crippen molar-refractivity contribution in [2.75, 3.05) is 0 Å². The molecule has 0 aromatic carbocycles. The fourth-order valence-electron chi connectivity index (χ4n) is 2.48. The van der Waals surface area contributed by atoms with E-state index < -0.39 is 0 Å². The van der Waals surface area contributed by atoms with Crippen LogP contribution in [0.25, 0.3) is 0 Å². The van der Waals surface area contributed by atoms with E-state index in [0.29, 0.717) is 12.3 Å². The van der Waals surface area contributed by atoms with Crippen LogP contribution in [-0.2, 0) is 11.3 Å². The number of rotatable bonds is 4. The third-order valence-corrected chi connectivity index (χ3v) is 3.58. The van der Waals surface area contributed by atoms with E-state index in [2.05, 4.69) is 0 Å². The van der Waals surface area contributed by atoms with Gasteiger partial charge in [-0.2, -0.15) is 0 Å². The standard InChI is InChI=1S/C13H20N2O2/c1-10(2)15-9-8-14(13(15)17)7-6-11-4-3-5-12(11)16/h8-11H,3-7H2,1-2H3. The molecule has 0 spiro atoms. The molecule has 4 nitrogen and oxygen atoms in total. The molecule has 2 rings (SSSR count). The molecular formula is C13H20N2O2. The van der Waals surface area contributed by atoms with Gasteiger partial charge in [0.15, 0.2) is 0 Å². The Morgan fingerprint density at radius 1 is 1.35 bits per heavy atom. The van der Waals surface area contributed by atoms with Crippen LogP contribution in [-0.4, -0.2) is 14.9 Å². The molecule has 0 radical (unpaired) electrons. The summed E-state index contributed by atoms with van der Waals surface area (Å²) < 4.78 is 3.43. The number of nitrogens with zero attached hydrogens (tertiary/aromatic N) is 2. The van der Waals surface area contributed by atoms with Gasteiger partial charge in [0, 0.05) is 37.3 Å². The highest BCUT2D eigenvalue weighted by molar-refractivity contribution is 5.82. The van der Waals surface area contributed by atoms with Crippen molar-refractivity contribution in [3.63, 3.8) is 0 Å². The summed E-state index contributed by atoms with van der Waals surface area (Å²) in [5, 5.41) is 0. The summed E-state index contributed by atoms with van der Waals surface area (Å²) in [6.45, 7) is 4.65. The van der Waals surface area contributed by atoms with Gasteiger partial charge in [-0.05, 0) is 33.1 Å². The van der Waals surface area contributed by atoms with E-state index in [1.54, 1.807) is 9.13 Å². The lowest BCUT2D eigenvalue weighted by Gasteiger charge is -2.08. The average molecular weight is 236 g/mol. The van der Waals surface area contributed by atoms with Crippen LogP contribution in [0.5, 0.6) is 0 Å². The Kier molecular flexibility index (Phi) is 3.50. The van der Waals surface area contributed by atoms with Crippen molar-refractivity contribution in [2.24, 2.45) is 5.92 Å². The van der Waals surface area contributed by atoms with E-state index >= 15 is 0 Å². The molecule has 0 aliphatic heterocycles. The van der Waals surface area contributed by atoms with Gasteiger partial charge in [-0.15, -0.1) is 0 Å². The first-order valence-corrected chi connectivity index (χ1v) is 6.39. The topological polar surface area (TPSA) is 44.0 Å². The van der Waals surface area contributed by atoms with Crippen LogP contribution in [0.4, 0.5) is 0 Å². The maximum atomic E-state index is 11.9. The molecule has 1 heterocycles. The quantitative estimate of drug-likeness (QED) is 0.802. The Bertz CT molecular complexity index is 456. The van der Waals surface area contributed by atoms with Crippen molar-refractivity contribution >= 4 is 5.78 Å². The first-order chi connectivity index (χ1) is 8.09. The third kappa shape index (κ3) is 2.51. The molecule has 0 saturated heterocycles. The van der Waals surface area contributed by atoms with Gasteiger partial charge >= 0.3 is 5.69 Å². The third-order valence-electron chi connectivity index (χ3n) is 3.58. The molecular weight excluding hydrogens is 216 g/mol. The Morgan fingerprint density at radius 2 is 2.12 bits per heavy atom. The molecule has 17 heavy (non-hydrogen) atoms. The molecule has 0 bridgehead atoms. The largest absolute Gasteiger partial charge is 0.328 e. The molecule has 1 aliphatic rings. The zero-order chi connectivity index (χ0) is 12.4. The zero-order valence-electron chi connectivity index (χ0n) is 10.6. The molecule has 1 fully saturated rings. The fraction of sp³-hybridized carbons (Fsp3) is 0.692. The fourth-order valence-corrected chi connectivity index (χ4v) is 2.48. The van der Waals surface area contributed by atoms with E-state index in [4.69, 9.17) is 0 Å². The second kappa shape index (κ2) is 4.90. The van der Waals surface area contributed by atoms with Gasteiger partial charge in [0.05, 0.1) is 0 Å². The highest BCUT2D eigenvalue weighted by Gasteiger charge is 2.24. The lowest BCUT2D eigenvalue weighted by molar-refractivity contribution is -0.120. The van der Waals surface area contributed by atoms with Crippen molar-refractivity contribution in [3.8, 4) is 0 Å². The molecule has 1 saturated carbocycles. The summed E-state index contributed by atoms with van der Waals surface area (Å²) in [6.07, 6.45) is 7.20. The molecule has 1 unspecified atom stereocenters. The van der Waals surface area contributed by atoms with Crippen molar-refractivity contribution in [1.82, 2.24) is 9.13 Å². The van der Waals surface area contributed by atoms with E-state index in [0.717, 1.165) is 25.7 Å². The van der Waals surface area contributed by atoms with Crippen LogP contribution in [0.3, 0.4) is 0 Å². The number of aromatic nitrogens is 2. The summed E-state index contributed by atoms with van der Waals surface area (Å²) >= 11 is 0. The summed E-state index contributed by atoms with van der Waals surface area (Å²) in [4.78, 5) is 23.4. The normalized spacial score (nSPS) is 20.4. The molecule has 4 heteroatoms. The van der Waals surface area contributed by atoms with Crippen molar-refractivity contribution < 1.29 is 4.79 Å². The molecule has 0 N–H and O–H groups in total. The van der Waals surface area contributed by atoms with E-state index in [1.807, 2.05) is 26.2 Å². The minimum Gasteiger partial charge on any atom is -0.299 e. The second-order valence-electron chi connectivity index (χ2n) is 5.12. The molecule has 0 amide bonds.